The van der Waals surface area contributed by atoms with E-state index in [1.165, 1.54) is 19.3 Å². The molecule has 144 valence electrons. The molecular formula is C20H42OSi4. The zero-order valence-corrected chi connectivity index (χ0v) is 22.4. The second-order valence-corrected chi connectivity index (χ2v) is 40.7. The van der Waals surface area contributed by atoms with Crippen LogP contribution in [0.3, 0.4) is 0 Å². The summed E-state index contributed by atoms with van der Waals surface area (Å²) in [6.07, 6.45) is 9.09. The fourth-order valence-electron chi connectivity index (χ4n) is 6.93. The maximum absolute atomic E-state index is 7.21. The smallest absolute Gasteiger partial charge is 0.241 e. The predicted octanol–water partition coefficient (Wildman–Crippen LogP) is 6.09. The van der Waals surface area contributed by atoms with Crippen LogP contribution < -0.4 is 0 Å². The van der Waals surface area contributed by atoms with Crippen molar-refractivity contribution in [3.8, 4) is 0 Å². The second kappa shape index (κ2) is 6.28. The molecular weight excluding hydrogens is 369 g/mol. The molecule has 0 aliphatic heterocycles. The van der Waals surface area contributed by atoms with Crippen LogP contribution in [0.1, 0.15) is 38.5 Å². The van der Waals surface area contributed by atoms with Gasteiger partial charge in [0.25, 0.3) is 0 Å². The summed E-state index contributed by atoms with van der Waals surface area (Å²) in [6, 6.07) is 0. The van der Waals surface area contributed by atoms with Crippen LogP contribution >= 0.6 is 0 Å². The van der Waals surface area contributed by atoms with E-state index in [-0.39, 0.29) is 0 Å². The Kier molecular flexibility index (Phi) is 5.09. The summed E-state index contributed by atoms with van der Waals surface area (Å²) >= 11 is 0. The van der Waals surface area contributed by atoms with Gasteiger partial charge in [-0.15, -0.1) is 0 Å². The van der Waals surface area contributed by atoms with Gasteiger partial charge in [-0.3, -0.25) is 0 Å². The van der Waals surface area contributed by atoms with Crippen LogP contribution in [0.2, 0.25) is 58.9 Å². The van der Waals surface area contributed by atoms with E-state index >= 15 is 0 Å². The molecule has 25 heavy (non-hydrogen) atoms. The third kappa shape index (κ3) is 4.19. The van der Waals surface area contributed by atoms with Gasteiger partial charge in [-0.2, -0.15) is 0 Å². The van der Waals surface area contributed by atoms with Crippen LogP contribution in [0.25, 0.3) is 0 Å². The lowest BCUT2D eigenvalue weighted by atomic mass is 9.50. The van der Waals surface area contributed by atoms with Crippen molar-refractivity contribution in [3.63, 3.8) is 0 Å². The normalized spacial score (nSPS) is 35.0. The average molecular weight is 411 g/mol. The van der Waals surface area contributed by atoms with Crippen LogP contribution in [0.4, 0.5) is 0 Å². The molecule has 0 amide bonds. The molecule has 0 aromatic carbocycles. The molecule has 4 saturated carbocycles. The zero-order valence-electron chi connectivity index (χ0n) is 18.4. The number of hydrogen-bond donors (Lipinski definition) is 0. The summed E-state index contributed by atoms with van der Waals surface area (Å²) in [5, 5.41) is 1.77. The maximum Gasteiger partial charge on any atom is 0.241 e. The summed E-state index contributed by atoms with van der Waals surface area (Å²) in [5.74, 6) is 3.08. The molecule has 0 N–H and O–H groups in total. The molecule has 4 fully saturated rings. The first-order valence-corrected chi connectivity index (χ1v) is 24.6. The van der Waals surface area contributed by atoms with Crippen molar-refractivity contribution >= 4 is 36.3 Å². The van der Waals surface area contributed by atoms with E-state index in [0.717, 1.165) is 17.8 Å². The molecule has 4 aliphatic carbocycles. The van der Waals surface area contributed by atoms with E-state index in [9.17, 15) is 0 Å². The van der Waals surface area contributed by atoms with E-state index in [1.807, 2.05) is 0 Å². The quantitative estimate of drug-likeness (QED) is 0.498. The first-order valence-electron chi connectivity index (χ1n) is 10.6. The van der Waals surface area contributed by atoms with Crippen LogP contribution in [-0.2, 0) is 4.43 Å². The van der Waals surface area contributed by atoms with Crippen molar-refractivity contribution in [1.82, 2.24) is 0 Å². The van der Waals surface area contributed by atoms with Crippen LogP contribution in [0.15, 0.2) is 0 Å². The van der Waals surface area contributed by atoms with E-state index in [1.54, 1.807) is 24.6 Å². The molecule has 0 spiro atoms. The minimum Gasteiger partial charge on any atom is -0.552 e. The SMILES string of the molecule is C[Si](C)(C)OC(=[Si]([Si](C)(C)C)[Si](C)(C)C)C12CC3CC(CC(C3)C1)C2. The standard InChI is InChI=1S/C20H42OSi4/c1-23(2,3)21-19(22(24(4,5)6)25(7,8)9)20-13-16-10-17(14-20)12-18(11-16)15-20/h16-18H,10-15H2,1-9H3. The Hall–Kier alpha value is 0.538. The van der Waals surface area contributed by atoms with E-state index in [0.29, 0.717) is 5.41 Å². The highest BCUT2D eigenvalue weighted by molar-refractivity contribution is 7.60. The fraction of sp³-hybridized carbons (Fsp3) is 0.950. The van der Waals surface area contributed by atoms with E-state index in [2.05, 4.69) is 58.9 Å². The molecule has 4 bridgehead atoms. The average Bonchev–Trinajstić information content (AvgIpc) is 2.30. The first-order chi connectivity index (χ1) is 11.2. The van der Waals surface area contributed by atoms with Gasteiger partial charge in [0.1, 0.15) is 0 Å². The van der Waals surface area contributed by atoms with E-state index in [4.69, 9.17) is 4.43 Å². The van der Waals surface area contributed by atoms with Crippen LogP contribution in [0.5, 0.6) is 0 Å². The van der Waals surface area contributed by atoms with Crippen molar-refractivity contribution in [2.75, 3.05) is 0 Å². The minimum absolute atomic E-state index is 0.500. The van der Waals surface area contributed by atoms with Crippen molar-refractivity contribution in [1.29, 1.82) is 0 Å². The fourth-order valence-corrected chi connectivity index (χ4v) is 47.1. The van der Waals surface area contributed by atoms with Gasteiger partial charge in [-0.1, -0.05) is 39.3 Å². The molecule has 0 aromatic rings. The van der Waals surface area contributed by atoms with Gasteiger partial charge in [0, 0.05) is 18.2 Å². The molecule has 0 radical (unpaired) electrons. The van der Waals surface area contributed by atoms with Gasteiger partial charge in [-0.05, 0) is 75.9 Å². The lowest BCUT2D eigenvalue weighted by molar-refractivity contribution is -0.0182. The third-order valence-corrected chi connectivity index (χ3v) is 35.6. The predicted molar refractivity (Wildman–Crippen MR) is 122 cm³/mol. The van der Waals surface area contributed by atoms with Gasteiger partial charge in [0.2, 0.25) is 8.32 Å². The molecule has 4 rings (SSSR count). The summed E-state index contributed by atoms with van der Waals surface area (Å²) in [5.41, 5.74) is 0.504. The lowest BCUT2D eigenvalue weighted by Crippen LogP contribution is -2.63. The Morgan fingerprint density at radius 1 is 0.720 bits per heavy atom. The molecule has 4 aliphatic rings. The maximum atomic E-state index is 7.21. The van der Waals surface area contributed by atoms with Gasteiger partial charge >= 0.3 is 0 Å². The first kappa shape index (κ1) is 20.3. The summed E-state index contributed by atoms with van der Waals surface area (Å²) in [4.78, 5) is 0. The molecule has 5 heteroatoms. The third-order valence-electron chi connectivity index (χ3n) is 6.66. The molecule has 0 unspecified atom stereocenters. The Morgan fingerprint density at radius 2 is 1.08 bits per heavy atom. The molecule has 0 aromatic heterocycles. The van der Waals surface area contributed by atoms with Crippen molar-refractivity contribution in [2.24, 2.45) is 23.2 Å². The summed E-state index contributed by atoms with van der Waals surface area (Å²) < 4.78 is 7.21. The second-order valence-electron chi connectivity index (χ2n) is 12.6. The Balaban J connectivity index is 2.17. The Morgan fingerprint density at radius 3 is 1.36 bits per heavy atom. The van der Waals surface area contributed by atoms with Crippen LogP contribution in [0, 0.1) is 23.2 Å². The molecule has 0 atom stereocenters. The van der Waals surface area contributed by atoms with Gasteiger partial charge in [0.05, 0.1) is 15.2 Å². The number of rotatable bonds is 5. The van der Waals surface area contributed by atoms with Crippen molar-refractivity contribution in [3.05, 3.63) is 0 Å². The van der Waals surface area contributed by atoms with Gasteiger partial charge in [0.15, 0.2) is 0 Å². The van der Waals surface area contributed by atoms with Gasteiger partial charge in [-0.25, -0.2) is 0 Å². The van der Waals surface area contributed by atoms with Crippen LogP contribution in [-0.4, -0.2) is 36.3 Å². The monoisotopic (exact) mass is 410 g/mol. The Bertz CT molecular complexity index is 508. The Labute approximate surface area is 161 Å². The molecule has 0 saturated heterocycles. The highest BCUT2D eigenvalue weighted by Gasteiger charge is 2.55. The van der Waals surface area contributed by atoms with Crippen molar-refractivity contribution in [2.45, 2.75) is 97.4 Å². The summed E-state index contributed by atoms with van der Waals surface area (Å²) in [7, 11) is -4.49. The van der Waals surface area contributed by atoms with Gasteiger partial charge < -0.3 is 4.43 Å². The molecule has 0 heterocycles. The molecule has 1 nitrogen and oxygen atoms in total. The zero-order chi connectivity index (χ0) is 18.8. The lowest BCUT2D eigenvalue weighted by Gasteiger charge is -2.59. The highest BCUT2D eigenvalue weighted by atomic mass is 29.6. The topological polar surface area (TPSA) is 9.23 Å². The van der Waals surface area contributed by atoms with E-state index < -0.39 is 30.9 Å². The minimum atomic E-state index is -1.56. The largest absolute Gasteiger partial charge is 0.552 e. The summed E-state index contributed by atoms with van der Waals surface area (Å²) in [6.45, 7) is 23.3. The number of hydrogen-bond acceptors (Lipinski definition) is 1. The van der Waals surface area contributed by atoms with Crippen molar-refractivity contribution < 1.29 is 4.43 Å². The highest BCUT2D eigenvalue weighted by Crippen LogP contribution is 2.61.